The molecular formula is C21H21N3O3. The van der Waals surface area contributed by atoms with Crippen molar-refractivity contribution < 1.29 is 14.3 Å². The van der Waals surface area contributed by atoms with Crippen LogP contribution in [0.3, 0.4) is 0 Å². The first-order valence-electron chi connectivity index (χ1n) is 9.07. The lowest BCUT2D eigenvalue weighted by atomic mass is 10.1. The smallest absolute Gasteiger partial charge is 0.244 e. The van der Waals surface area contributed by atoms with Crippen LogP contribution in [0.5, 0.6) is 5.75 Å². The first-order chi connectivity index (χ1) is 13.2. The molecule has 0 aromatic heterocycles. The Morgan fingerprint density at radius 3 is 2.78 bits per heavy atom. The second-order valence-electron chi connectivity index (χ2n) is 6.74. The van der Waals surface area contributed by atoms with Gasteiger partial charge < -0.3 is 15.0 Å². The number of anilines is 2. The number of benzene rings is 2. The van der Waals surface area contributed by atoms with Gasteiger partial charge in [0.2, 0.25) is 11.8 Å². The van der Waals surface area contributed by atoms with E-state index in [4.69, 9.17) is 9.73 Å². The summed E-state index contributed by atoms with van der Waals surface area (Å²) >= 11 is 0. The van der Waals surface area contributed by atoms with Crippen molar-refractivity contribution in [1.82, 2.24) is 0 Å². The fraction of sp³-hybridized carbons (Fsp3) is 0.286. The van der Waals surface area contributed by atoms with Gasteiger partial charge in [0.1, 0.15) is 12.3 Å². The molecule has 6 heteroatoms. The van der Waals surface area contributed by atoms with Crippen LogP contribution in [-0.2, 0) is 9.59 Å². The molecule has 138 valence electrons. The number of aliphatic imine (C=N–C) groups is 1. The summed E-state index contributed by atoms with van der Waals surface area (Å²) in [7, 11) is 1.59. The number of amides is 2. The zero-order valence-electron chi connectivity index (χ0n) is 15.1. The molecular weight excluding hydrogens is 342 g/mol. The van der Waals surface area contributed by atoms with Crippen molar-refractivity contribution >= 4 is 34.6 Å². The Morgan fingerprint density at radius 1 is 1.22 bits per heavy atom. The van der Waals surface area contributed by atoms with E-state index < -0.39 is 0 Å². The van der Waals surface area contributed by atoms with Crippen molar-refractivity contribution in [1.29, 1.82) is 0 Å². The van der Waals surface area contributed by atoms with Gasteiger partial charge in [-0.1, -0.05) is 12.1 Å². The summed E-state index contributed by atoms with van der Waals surface area (Å²) in [5.41, 5.74) is 3.04. The van der Waals surface area contributed by atoms with Crippen molar-refractivity contribution in [2.75, 3.05) is 23.9 Å². The number of para-hydroxylation sites is 2. The number of fused-ring (bicyclic) bond motifs is 2. The van der Waals surface area contributed by atoms with Crippen molar-refractivity contribution in [3.63, 3.8) is 0 Å². The molecule has 0 bridgehead atoms. The lowest BCUT2D eigenvalue weighted by Crippen LogP contribution is -2.41. The van der Waals surface area contributed by atoms with Gasteiger partial charge >= 0.3 is 0 Å². The first kappa shape index (κ1) is 17.3. The third-order valence-electron chi connectivity index (χ3n) is 5.00. The summed E-state index contributed by atoms with van der Waals surface area (Å²) in [6, 6.07) is 14.6. The van der Waals surface area contributed by atoms with Crippen LogP contribution in [0.25, 0.3) is 0 Å². The van der Waals surface area contributed by atoms with E-state index in [1.807, 2.05) is 24.3 Å². The topological polar surface area (TPSA) is 71.0 Å². The Kier molecular flexibility index (Phi) is 4.62. The average Bonchev–Trinajstić information content (AvgIpc) is 3.11. The Balaban J connectivity index is 1.56. The van der Waals surface area contributed by atoms with Crippen LogP contribution in [0.15, 0.2) is 53.5 Å². The molecule has 27 heavy (non-hydrogen) atoms. The first-order valence-corrected chi connectivity index (χ1v) is 9.07. The summed E-state index contributed by atoms with van der Waals surface area (Å²) in [6.45, 7) is -0.0405. The van der Waals surface area contributed by atoms with Crippen LogP contribution in [0, 0.1) is 5.92 Å². The molecule has 0 spiro atoms. The van der Waals surface area contributed by atoms with E-state index in [2.05, 4.69) is 5.32 Å². The molecule has 4 rings (SSSR count). The highest BCUT2D eigenvalue weighted by atomic mass is 16.5. The quantitative estimate of drug-likeness (QED) is 0.903. The van der Waals surface area contributed by atoms with Crippen molar-refractivity contribution in [2.24, 2.45) is 10.9 Å². The summed E-state index contributed by atoms with van der Waals surface area (Å²) in [5, 5.41) is 2.85. The fourth-order valence-corrected chi connectivity index (χ4v) is 3.66. The van der Waals surface area contributed by atoms with E-state index >= 15 is 0 Å². The number of hydrogen-bond acceptors (Lipinski definition) is 4. The van der Waals surface area contributed by atoms with E-state index in [1.165, 1.54) is 0 Å². The number of nitrogens with zero attached hydrogens (tertiary/aromatic N) is 2. The van der Waals surface area contributed by atoms with Gasteiger partial charge in [0.05, 0.1) is 24.4 Å². The van der Waals surface area contributed by atoms with Crippen molar-refractivity contribution in [3.8, 4) is 5.75 Å². The minimum atomic E-state index is -0.246. The van der Waals surface area contributed by atoms with Gasteiger partial charge in [-0.3, -0.25) is 14.6 Å². The monoisotopic (exact) mass is 363 g/mol. The van der Waals surface area contributed by atoms with Crippen LogP contribution in [0.4, 0.5) is 17.1 Å². The maximum atomic E-state index is 13.1. The molecule has 2 aromatic rings. The van der Waals surface area contributed by atoms with Crippen LogP contribution in [0.2, 0.25) is 0 Å². The predicted molar refractivity (Wildman–Crippen MR) is 105 cm³/mol. The van der Waals surface area contributed by atoms with Gasteiger partial charge in [-0.05, 0) is 55.7 Å². The van der Waals surface area contributed by atoms with Gasteiger partial charge in [-0.15, -0.1) is 0 Å². The van der Waals surface area contributed by atoms with E-state index in [9.17, 15) is 9.59 Å². The third kappa shape index (κ3) is 3.43. The maximum absolute atomic E-state index is 13.1. The minimum Gasteiger partial charge on any atom is -0.497 e. The van der Waals surface area contributed by atoms with Gasteiger partial charge in [-0.2, -0.15) is 0 Å². The Bertz CT molecular complexity index is 905. The number of carbonyl (C=O) groups excluding carboxylic acids is 2. The molecule has 1 fully saturated rings. The number of nitrogens with one attached hydrogen (secondary N) is 1. The molecule has 1 aliphatic carbocycles. The molecule has 1 unspecified atom stereocenters. The predicted octanol–water partition coefficient (Wildman–Crippen LogP) is 3.55. The van der Waals surface area contributed by atoms with Crippen molar-refractivity contribution in [2.45, 2.75) is 19.3 Å². The van der Waals surface area contributed by atoms with E-state index in [-0.39, 0.29) is 24.3 Å². The zero-order valence-corrected chi connectivity index (χ0v) is 15.1. The Morgan fingerprint density at radius 2 is 2.00 bits per heavy atom. The lowest BCUT2D eigenvalue weighted by molar-refractivity contribution is -0.122. The van der Waals surface area contributed by atoms with Gasteiger partial charge in [0, 0.05) is 11.4 Å². The third-order valence-corrected chi connectivity index (χ3v) is 5.00. The highest BCUT2D eigenvalue weighted by Gasteiger charge is 2.37. The largest absolute Gasteiger partial charge is 0.497 e. The molecule has 2 aliphatic rings. The fourth-order valence-electron chi connectivity index (χ4n) is 3.66. The zero-order chi connectivity index (χ0) is 18.8. The van der Waals surface area contributed by atoms with Gasteiger partial charge in [-0.25, -0.2) is 0 Å². The molecule has 2 aromatic carbocycles. The number of carbonyl (C=O) groups is 2. The summed E-state index contributed by atoms with van der Waals surface area (Å²) in [4.78, 5) is 32.0. The molecule has 2 amide bonds. The van der Waals surface area contributed by atoms with Gasteiger partial charge in [0.25, 0.3) is 0 Å². The number of methoxy groups -OCH3 is 1. The highest BCUT2D eigenvalue weighted by Crippen LogP contribution is 2.37. The van der Waals surface area contributed by atoms with Gasteiger partial charge in [0.15, 0.2) is 0 Å². The molecule has 0 saturated heterocycles. The summed E-state index contributed by atoms with van der Waals surface area (Å²) in [6.07, 6.45) is 2.60. The minimum absolute atomic E-state index is 0.0405. The van der Waals surface area contributed by atoms with E-state index in [0.29, 0.717) is 11.4 Å². The van der Waals surface area contributed by atoms with Crippen LogP contribution in [0.1, 0.15) is 19.3 Å². The molecule has 6 nitrogen and oxygen atoms in total. The second-order valence-corrected chi connectivity index (χ2v) is 6.74. The van der Waals surface area contributed by atoms with E-state index in [0.717, 1.165) is 36.4 Å². The van der Waals surface area contributed by atoms with Crippen molar-refractivity contribution in [3.05, 3.63) is 48.5 Å². The number of rotatable bonds is 4. The Labute approximate surface area is 157 Å². The van der Waals surface area contributed by atoms with E-state index in [1.54, 1.807) is 36.3 Å². The SMILES string of the molecule is COc1ccc(NC(=O)CN2C(=O)C3CCCC3=Nc3ccccc32)cc1. The van der Waals surface area contributed by atoms with Crippen LogP contribution in [-0.4, -0.2) is 31.2 Å². The molecule has 1 saturated carbocycles. The number of hydrogen-bond donors (Lipinski definition) is 1. The number of ether oxygens (including phenoxy) is 1. The summed E-state index contributed by atoms with van der Waals surface area (Å²) in [5.74, 6) is 0.215. The standard InChI is InChI=1S/C21H21N3O3/c1-27-15-11-9-14(10-12-15)22-20(25)13-24-19-8-3-2-6-18(19)23-17-7-4-5-16(17)21(24)26/h2-3,6,8-12,16H,4-5,7,13H2,1H3,(H,22,25). The van der Waals surface area contributed by atoms with Crippen LogP contribution < -0.4 is 15.0 Å². The lowest BCUT2D eigenvalue weighted by Gasteiger charge is -2.24. The normalized spacial score (nSPS) is 18.3. The Hall–Kier alpha value is -3.15. The van der Waals surface area contributed by atoms with Crippen LogP contribution >= 0.6 is 0 Å². The molecule has 0 radical (unpaired) electrons. The second kappa shape index (κ2) is 7.23. The molecule has 1 aliphatic heterocycles. The molecule has 1 atom stereocenters. The maximum Gasteiger partial charge on any atom is 0.244 e. The summed E-state index contributed by atoms with van der Waals surface area (Å²) < 4.78 is 5.12. The molecule has 1 heterocycles. The average molecular weight is 363 g/mol. The molecule has 1 N–H and O–H groups in total. The highest BCUT2D eigenvalue weighted by molar-refractivity contribution is 6.16.